The first kappa shape index (κ1) is 19.0. The molecule has 22 heavy (non-hydrogen) atoms. The van der Waals surface area contributed by atoms with Crippen LogP contribution in [0.2, 0.25) is 0 Å². The minimum absolute atomic E-state index is 0.152. The van der Waals surface area contributed by atoms with E-state index in [1.807, 2.05) is 0 Å². The van der Waals surface area contributed by atoms with Crippen LogP contribution in [0.5, 0.6) is 0 Å². The molecule has 1 aromatic rings. The second-order valence-electron chi connectivity index (χ2n) is 6.63. The first-order valence-electron chi connectivity index (χ1n) is 9.44. The van der Waals surface area contributed by atoms with E-state index in [9.17, 15) is 0 Å². The Morgan fingerprint density at radius 1 is 0.955 bits per heavy atom. The maximum Gasteiger partial charge on any atom is 0.0155 e. The van der Waals surface area contributed by atoms with Crippen molar-refractivity contribution in [1.29, 1.82) is 0 Å². The summed E-state index contributed by atoms with van der Waals surface area (Å²) in [5, 5.41) is 0. The molecule has 0 aromatic heterocycles. The van der Waals surface area contributed by atoms with E-state index in [1.165, 1.54) is 56.9 Å². The van der Waals surface area contributed by atoms with E-state index in [4.69, 9.17) is 0 Å². The van der Waals surface area contributed by atoms with Crippen LogP contribution in [0.15, 0.2) is 43.0 Å². The predicted molar refractivity (Wildman–Crippen MR) is 100 cm³/mol. The molecule has 0 amide bonds. The van der Waals surface area contributed by atoms with Gasteiger partial charge in [-0.05, 0) is 24.3 Å². The number of rotatable bonds is 12. The molecule has 2 unspecified atom stereocenters. The van der Waals surface area contributed by atoms with Crippen molar-refractivity contribution in [1.82, 2.24) is 0 Å². The molecule has 0 N–H and O–H groups in total. The first-order valence-corrected chi connectivity index (χ1v) is 9.44. The highest BCUT2D eigenvalue weighted by Gasteiger charge is 2.34. The fraction of sp³-hybridized carbons (Fsp3) is 0.636. The fourth-order valence-electron chi connectivity index (χ4n) is 3.90. The standard InChI is InChI=1S/C22H36/c1-5-9-10-11-12-14-17-20(6-2)22(7-3,8-4)21-18-15-13-16-19-21/h7,13,15-16,18-20H,3,5-6,8-12,14,17H2,1-2,4H3. The summed E-state index contributed by atoms with van der Waals surface area (Å²) in [4.78, 5) is 0. The Hall–Kier alpha value is -1.04. The normalized spacial score (nSPS) is 15.2. The quantitative estimate of drug-likeness (QED) is 0.280. The number of allylic oxidation sites excluding steroid dienone is 1. The minimum Gasteiger partial charge on any atom is -0.102 e. The summed E-state index contributed by atoms with van der Waals surface area (Å²) in [6.45, 7) is 11.2. The Morgan fingerprint density at radius 2 is 1.59 bits per heavy atom. The maximum absolute atomic E-state index is 4.22. The first-order chi connectivity index (χ1) is 10.7. The average molecular weight is 301 g/mol. The van der Waals surface area contributed by atoms with Crippen molar-refractivity contribution >= 4 is 0 Å². The number of hydrogen-bond acceptors (Lipinski definition) is 0. The molecule has 0 nitrogen and oxygen atoms in total. The molecule has 0 aliphatic rings. The third-order valence-corrected chi connectivity index (χ3v) is 5.39. The van der Waals surface area contributed by atoms with Gasteiger partial charge in [-0.2, -0.15) is 0 Å². The van der Waals surface area contributed by atoms with Crippen LogP contribution in [0.25, 0.3) is 0 Å². The van der Waals surface area contributed by atoms with Crippen LogP contribution in [-0.2, 0) is 5.41 Å². The van der Waals surface area contributed by atoms with Gasteiger partial charge in [-0.3, -0.25) is 0 Å². The van der Waals surface area contributed by atoms with E-state index in [0.29, 0.717) is 5.92 Å². The van der Waals surface area contributed by atoms with Crippen LogP contribution in [0.4, 0.5) is 0 Å². The zero-order valence-corrected chi connectivity index (χ0v) is 15.1. The van der Waals surface area contributed by atoms with Crippen LogP contribution in [-0.4, -0.2) is 0 Å². The maximum atomic E-state index is 4.22. The highest BCUT2D eigenvalue weighted by atomic mass is 14.4. The van der Waals surface area contributed by atoms with Crippen molar-refractivity contribution in [2.75, 3.05) is 0 Å². The molecule has 124 valence electrons. The van der Waals surface area contributed by atoms with Crippen molar-refractivity contribution in [3.8, 4) is 0 Å². The van der Waals surface area contributed by atoms with Gasteiger partial charge < -0.3 is 0 Å². The summed E-state index contributed by atoms with van der Waals surface area (Å²) in [6.07, 6.45) is 14.2. The molecule has 0 heterocycles. The molecule has 0 fully saturated rings. The molecule has 0 heteroatoms. The average Bonchev–Trinajstić information content (AvgIpc) is 2.58. The lowest BCUT2D eigenvalue weighted by molar-refractivity contribution is 0.283. The van der Waals surface area contributed by atoms with Gasteiger partial charge in [0.1, 0.15) is 0 Å². The zero-order chi connectivity index (χ0) is 16.3. The Kier molecular flexibility index (Phi) is 9.20. The van der Waals surface area contributed by atoms with Gasteiger partial charge in [-0.25, -0.2) is 0 Å². The highest BCUT2D eigenvalue weighted by Crippen LogP contribution is 2.41. The lowest BCUT2D eigenvalue weighted by Gasteiger charge is -2.38. The van der Waals surface area contributed by atoms with Gasteiger partial charge in [0.2, 0.25) is 0 Å². The summed E-state index contributed by atoms with van der Waals surface area (Å²) in [5.41, 5.74) is 1.60. The Balaban J connectivity index is 2.69. The molecule has 0 aliphatic heterocycles. The fourth-order valence-corrected chi connectivity index (χ4v) is 3.90. The lowest BCUT2D eigenvalue weighted by Crippen LogP contribution is -2.32. The molecular weight excluding hydrogens is 264 g/mol. The monoisotopic (exact) mass is 300 g/mol. The van der Waals surface area contributed by atoms with Gasteiger partial charge in [-0.1, -0.05) is 102 Å². The Bertz CT molecular complexity index is 392. The second kappa shape index (κ2) is 10.6. The SMILES string of the molecule is C=CC(CC)(c1ccccc1)C(CC)CCCCCCCC. The summed E-state index contributed by atoms with van der Waals surface area (Å²) in [6, 6.07) is 11.0. The summed E-state index contributed by atoms with van der Waals surface area (Å²) in [7, 11) is 0. The topological polar surface area (TPSA) is 0 Å². The smallest absolute Gasteiger partial charge is 0.0155 e. The molecule has 0 radical (unpaired) electrons. The molecule has 0 saturated carbocycles. The van der Waals surface area contributed by atoms with Crippen LogP contribution < -0.4 is 0 Å². The van der Waals surface area contributed by atoms with Gasteiger partial charge in [0.25, 0.3) is 0 Å². The third kappa shape index (κ3) is 5.00. The van der Waals surface area contributed by atoms with E-state index in [-0.39, 0.29) is 5.41 Å². The van der Waals surface area contributed by atoms with Crippen LogP contribution >= 0.6 is 0 Å². The van der Waals surface area contributed by atoms with E-state index in [1.54, 1.807) is 0 Å². The summed E-state index contributed by atoms with van der Waals surface area (Å²) in [5.74, 6) is 0.712. The van der Waals surface area contributed by atoms with Crippen molar-refractivity contribution < 1.29 is 0 Å². The highest BCUT2D eigenvalue weighted by molar-refractivity contribution is 5.31. The van der Waals surface area contributed by atoms with E-state index >= 15 is 0 Å². The van der Waals surface area contributed by atoms with Crippen LogP contribution in [0, 0.1) is 5.92 Å². The van der Waals surface area contributed by atoms with Crippen molar-refractivity contribution in [3.05, 3.63) is 48.6 Å². The molecule has 0 bridgehead atoms. The molecule has 0 saturated heterocycles. The zero-order valence-electron chi connectivity index (χ0n) is 15.1. The minimum atomic E-state index is 0.152. The molecule has 1 rings (SSSR count). The Labute approximate surface area is 139 Å². The van der Waals surface area contributed by atoms with Gasteiger partial charge in [-0.15, -0.1) is 6.58 Å². The van der Waals surface area contributed by atoms with E-state index in [0.717, 1.165) is 6.42 Å². The Morgan fingerprint density at radius 3 is 2.14 bits per heavy atom. The molecule has 2 atom stereocenters. The number of unbranched alkanes of at least 4 members (excludes halogenated alkanes) is 5. The second-order valence-corrected chi connectivity index (χ2v) is 6.63. The molecular formula is C22H36. The lowest BCUT2D eigenvalue weighted by atomic mass is 9.66. The van der Waals surface area contributed by atoms with Crippen LogP contribution in [0.3, 0.4) is 0 Å². The van der Waals surface area contributed by atoms with Crippen molar-refractivity contribution in [2.24, 2.45) is 5.92 Å². The number of benzene rings is 1. The van der Waals surface area contributed by atoms with E-state index in [2.05, 4.69) is 63.8 Å². The summed E-state index contributed by atoms with van der Waals surface area (Å²) < 4.78 is 0. The van der Waals surface area contributed by atoms with Crippen molar-refractivity contribution in [2.45, 2.75) is 84.0 Å². The summed E-state index contributed by atoms with van der Waals surface area (Å²) >= 11 is 0. The van der Waals surface area contributed by atoms with Crippen LogP contribution in [0.1, 0.15) is 84.1 Å². The molecule has 0 aliphatic carbocycles. The van der Waals surface area contributed by atoms with Gasteiger partial charge in [0.15, 0.2) is 0 Å². The third-order valence-electron chi connectivity index (χ3n) is 5.39. The molecule has 0 spiro atoms. The van der Waals surface area contributed by atoms with Gasteiger partial charge >= 0.3 is 0 Å². The predicted octanol–water partition coefficient (Wildman–Crippen LogP) is 7.30. The van der Waals surface area contributed by atoms with Gasteiger partial charge in [0.05, 0.1) is 0 Å². The van der Waals surface area contributed by atoms with Gasteiger partial charge in [0, 0.05) is 5.41 Å². The van der Waals surface area contributed by atoms with Crippen molar-refractivity contribution in [3.63, 3.8) is 0 Å². The largest absolute Gasteiger partial charge is 0.102 e. The molecule has 1 aromatic carbocycles. The number of hydrogen-bond donors (Lipinski definition) is 0. The van der Waals surface area contributed by atoms with E-state index < -0.39 is 0 Å².